The first-order valence-corrected chi connectivity index (χ1v) is 8.76. The zero-order valence-electron chi connectivity index (χ0n) is 15.4. The summed E-state index contributed by atoms with van der Waals surface area (Å²) in [6.07, 6.45) is 1.92. The van der Waals surface area contributed by atoms with Crippen LogP contribution in [0.2, 0.25) is 0 Å². The van der Waals surface area contributed by atoms with Crippen molar-refractivity contribution in [2.45, 2.75) is 20.8 Å². The van der Waals surface area contributed by atoms with Crippen molar-refractivity contribution >= 4 is 17.2 Å². The van der Waals surface area contributed by atoms with Crippen LogP contribution in [0.4, 0.5) is 15.9 Å². The van der Waals surface area contributed by atoms with Gasteiger partial charge < -0.3 is 0 Å². The first-order chi connectivity index (χ1) is 13.0. The average Bonchev–Trinajstić information content (AvgIpc) is 3.03. The predicted molar refractivity (Wildman–Crippen MR) is 105 cm³/mol. The molecule has 0 unspecified atom stereocenters. The molecule has 5 heteroatoms. The average molecular weight is 358 g/mol. The number of azo groups is 1. The molecule has 0 aliphatic rings. The van der Waals surface area contributed by atoms with Gasteiger partial charge in [0.1, 0.15) is 17.2 Å². The van der Waals surface area contributed by atoms with Crippen molar-refractivity contribution in [2.75, 3.05) is 0 Å². The number of pyridine rings is 1. The van der Waals surface area contributed by atoms with E-state index in [4.69, 9.17) is 4.98 Å². The molecule has 4 aromatic rings. The number of fused-ring (bicyclic) bond motifs is 1. The fraction of sp³-hybridized carbons (Fsp3) is 0.136. The number of hydrogen-bond donors (Lipinski definition) is 0. The molecule has 134 valence electrons. The van der Waals surface area contributed by atoms with Gasteiger partial charge in [0.25, 0.3) is 0 Å². The van der Waals surface area contributed by atoms with Gasteiger partial charge in [0, 0.05) is 11.8 Å². The third kappa shape index (κ3) is 3.12. The number of nitrogens with zero attached hydrogens (tertiary/aromatic N) is 4. The normalized spacial score (nSPS) is 11.6. The van der Waals surface area contributed by atoms with Crippen LogP contribution in [0.5, 0.6) is 0 Å². The molecule has 0 saturated carbocycles. The van der Waals surface area contributed by atoms with E-state index in [2.05, 4.69) is 10.2 Å². The lowest BCUT2D eigenvalue weighted by atomic mass is 10.1. The lowest BCUT2D eigenvalue weighted by Gasteiger charge is -2.03. The number of halogens is 1. The second kappa shape index (κ2) is 6.76. The Morgan fingerprint density at radius 3 is 2.41 bits per heavy atom. The number of aromatic nitrogens is 2. The van der Waals surface area contributed by atoms with Gasteiger partial charge in [0.05, 0.1) is 5.69 Å². The minimum absolute atomic E-state index is 0.234. The minimum atomic E-state index is -0.234. The van der Waals surface area contributed by atoms with E-state index in [9.17, 15) is 4.39 Å². The van der Waals surface area contributed by atoms with Gasteiger partial charge in [-0.15, -0.1) is 10.2 Å². The standard InChI is InChI=1S/C22H19FN4/c1-14-7-4-5-9-19(14)25-26-22-20(17-10-11-18(23)16(3)13-17)24-21-15(2)8-6-12-27(21)22/h4-13H,1-3H3. The molecule has 2 aromatic heterocycles. The minimum Gasteiger partial charge on any atom is -0.282 e. The van der Waals surface area contributed by atoms with E-state index >= 15 is 0 Å². The van der Waals surface area contributed by atoms with Crippen LogP contribution < -0.4 is 0 Å². The van der Waals surface area contributed by atoms with Crippen molar-refractivity contribution in [3.63, 3.8) is 0 Å². The van der Waals surface area contributed by atoms with Crippen LogP contribution in [-0.2, 0) is 0 Å². The molecule has 0 bridgehead atoms. The smallest absolute Gasteiger partial charge is 0.187 e. The van der Waals surface area contributed by atoms with Gasteiger partial charge in [-0.05, 0) is 67.8 Å². The van der Waals surface area contributed by atoms with Crippen molar-refractivity contribution in [2.24, 2.45) is 10.2 Å². The van der Waals surface area contributed by atoms with E-state index in [1.807, 2.05) is 60.8 Å². The molecule has 0 amide bonds. The maximum absolute atomic E-state index is 13.7. The first-order valence-electron chi connectivity index (χ1n) is 8.76. The molecule has 0 atom stereocenters. The third-order valence-electron chi connectivity index (χ3n) is 4.62. The Hall–Kier alpha value is -3.34. The molecule has 0 spiro atoms. The second-order valence-electron chi connectivity index (χ2n) is 6.62. The highest BCUT2D eigenvalue weighted by Crippen LogP contribution is 2.34. The quantitative estimate of drug-likeness (QED) is 0.386. The second-order valence-corrected chi connectivity index (χ2v) is 6.62. The lowest BCUT2D eigenvalue weighted by Crippen LogP contribution is -1.86. The van der Waals surface area contributed by atoms with E-state index in [0.29, 0.717) is 17.1 Å². The van der Waals surface area contributed by atoms with Crippen molar-refractivity contribution in [1.82, 2.24) is 9.38 Å². The number of rotatable bonds is 3. The first kappa shape index (κ1) is 17.1. The third-order valence-corrected chi connectivity index (χ3v) is 4.62. The molecule has 27 heavy (non-hydrogen) atoms. The summed E-state index contributed by atoms with van der Waals surface area (Å²) >= 11 is 0. The molecular formula is C22H19FN4. The highest BCUT2D eigenvalue weighted by molar-refractivity contribution is 5.75. The van der Waals surface area contributed by atoms with Crippen LogP contribution in [0.1, 0.15) is 16.7 Å². The van der Waals surface area contributed by atoms with Gasteiger partial charge in [0.2, 0.25) is 0 Å². The van der Waals surface area contributed by atoms with Crippen LogP contribution in [0.25, 0.3) is 16.9 Å². The van der Waals surface area contributed by atoms with Crippen LogP contribution in [0.3, 0.4) is 0 Å². The highest BCUT2D eigenvalue weighted by atomic mass is 19.1. The molecule has 0 N–H and O–H groups in total. The maximum atomic E-state index is 13.7. The molecule has 0 radical (unpaired) electrons. The molecule has 2 aromatic carbocycles. The maximum Gasteiger partial charge on any atom is 0.187 e. The largest absolute Gasteiger partial charge is 0.282 e. The summed E-state index contributed by atoms with van der Waals surface area (Å²) in [7, 11) is 0. The SMILES string of the molecule is Cc1cc(-c2nc3c(C)cccn3c2N=Nc2ccccc2C)ccc1F. The van der Waals surface area contributed by atoms with Gasteiger partial charge in [-0.3, -0.25) is 4.40 Å². The van der Waals surface area contributed by atoms with E-state index in [0.717, 1.165) is 28.0 Å². The Labute approximate surface area is 157 Å². The summed E-state index contributed by atoms with van der Waals surface area (Å²) in [5, 5.41) is 8.97. The van der Waals surface area contributed by atoms with Gasteiger partial charge in [-0.25, -0.2) is 9.37 Å². The van der Waals surface area contributed by atoms with E-state index in [-0.39, 0.29) is 5.82 Å². The summed E-state index contributed by atoms with van der Waals surface area (Å²) in [4.78, 5) is 4.77. The Morgan fingerprint density at radius 2 is 1.63 bits per heavy atom. The monoisotopic (exact) mass is 358 g/mol. The predicted octanol–water partition coefficient (Wildman–Crippen LogP) is 6.48. The number of hydrogen-bond acceptors (Lipinski definition) is 3. The molecule has 4 nitrogen and oxygen atoms in total. The zero-order valence-corrected chi connectivity index (χ0v) is 15.4. The van der Waals surface area contributed by atoms with E-state index in [1.165, 1.54) is 6.07 Å². The van der Waals surface area contributed by atoms with Crippen LogP contribution in [-0.4, -0.2) is 9.38 Å². The topological polar surface area (TPSA) is 42.0 Å². The fourth-order valence-electron chi connectivity index (χ4n) is 3.05. The molecular weight excluding hydrogens is 339 g/mol. The zero-order chi connectivity index (χ0) is 19.0. The summed E-state index contributed by atoms with van der Waals surface area (Å²) < 4.78 is 15.7. The number of imidazole rings is 1. The Bertz CT molecular complexity index is 1170. The summed E-state index contributed by atoms with van der Waals surface area (Å²) in [6, 6.07) is 16.8. The summed E-state index contributed by atoms with van der Waals surface area (Å²) in [6.45, 7) is 5.75. The van der Waals surface area contributed by atoms with Gasteiger partial charge in [-0.2, -0.15) is 0 Å². The molecule has 0 aliphatic carbocycles. The van der Waals surface area contributed by atoms with Gasteiger partial charge >= 0.3 is 0 Å². The Morgan fingerprint density at radius 1 is 0.852 bits per heavy atom. The molecule has 0 fully saturated rings. The Balaban J connectivity index is 1.93. The van der Waals surface area contributed by atoms with Crippen molar-refractivity contribution in [3.8, 4) is 11.3 Å². The molecule has 0 saturated heterocycles. The summed E-state index contributed by atoms with van der Waals surface area (Å²) in [5.41, 5.74) is 5.78. The lowest BCUT2D eigenvalue weighted by molar-refractivity contribution is 0.619. The van der Waals surface area contributed by atoms with E-state index < -0.39 is 0 Å². The summed E-state index contributed by atoms with van der Waals surface area (Å²) in [5.74, 6) is 0.393. The number of benzene rings is 2. The van der Waals surface area contributed by atoms with Gasteiger partial charge in [-0.1, -0.05) is 24.3 Å². The van der Waals surface area contributed by atoms with Crippen LogP contribution in [0.15, 0.2) is 71.0 Å². The number of aryl methyl sites for hydroxylation is 3. The molecule has 0 aliphatic heterocycles. The van der Waals surface area contributed by atoms with E-state index in [1.54, 1.807) is 19.1 Å². The van der Waals surface area contributed by atoms with Gasteiger partial charge in [0.15, 0.2) is 5.82 Å². The Kier molecular flexibility index (Phi) is 4.28. The van der Waals surface area contributed by atoms with Crippen LogP contribution in [0, 0.1) is 26.6 Å². The van der Waals surface area contributed by atoms with Crippen molar-refractivity contribution in [1.29, 1.82) is 0 Å². The van der Waals surface area contributed by atoms with Crippen molar-refractivity contribution < 1.29 is 4.39 Å². The van der Waals surface area contributed by atoms with Crippen molar-refractivity contribution in [3.05, 3.63) is 83.3 Å². The van der Waals surface area contributed by atoms with Crippen LogP contribution >= 0.6 is 0 Å². The fourth-order valence-corrected chi connectivity index (χ4v) is 3.05. The molecule has 4 rings (SSSR count). The highest BCUT2D eigenvalue weighted by Gasteiger charge is 2.16. The molecule has 2 heterocycles.